The van der Waals surface area contributed by atoms with Gasteiger partial charge in [0.2, 0.25) is 0 Å². The highest BCUT2D eigenvalue weighted by atomic mass is 16.5. The molecule has 5 heteroatoms. The molecule has 3 rings (SSSR count). The molecule has 0 saturated heterocycles. The lowest BCUT2D eigenvalue weighted by molar-refractivity contribution is 0.334. The Morgan fingerprint density at radius 1 is 0.594 bits per heavy atom. The van der Waals surface area contributed by atoms with Gasteiger partial charge in [0.1, 0.15) is 17.2 Å². The van der Waals surface area contributed by atoms with Crippen LogP contribution in [0.1, 0.15) is 43.6 Å². The van der Waals surface area contributed by atoms with Crippen LogP contribution >= 0.6 is 0 Å². The van der Waals surface area contributed by atoms with E-state index in [1.807, 2.05) is 106 Å². The van der Waals surface area contributed by atoms with Gasteiger partial charge in [0, 0.05) is 29.1 Å². The highest BCUT2D eigenvalue weighted by Crippen LogP contribution is 2.30. The average molecular weight is 431 g/mol. The van der Waals surface area contributed by atoms with Crippen LogP contribution in [-0.2, 0) is 0 Å². The van der Waals surface area contributed by atoms with Crippen LogP contribution in [0.25, 0.3) is 0 Å². The van der Waals surface area contributed by atoms with Gasteiger partial charge in [-0.25, -0.2) is 0 Å². The normalized spacial score (nSPS) is 12.2. The Morgan fingerprint density at radius 3 is 1.50 bits per heavy atom. The maximum Gasteiger partial charge on any atom is 0.168 e. The number of aliphatic imine (C=N–C) groups is 2. The summed E-state index contributed by atoms with van der Waals surface area (Å²) in [6.45, 7) is 7.65. The second kappa shape index (κ2) is 12.3. The first kappa shape index (κ1) is 23.1. The van der Waals surface area contributed by atoms with Gasteiger partial charge in [0.05, 0.1) is 19.8 Å². The molecule has 0 aliphatic rings. The first-order valence-electron chi connectivity index (χ1n) is 11.0. The Balaban J connectivity index is 2.00. The van der Waals surface area contributed by atoms with Gasteiger partial charge in [-0.2, -0.15) is 0 Å². The van der Waals surface area contributed by atoms with Gasteiger partial charge in [0.25, 0.3) is 0 Å². The van der Waals surface area contributed by atoms with Crippen molar-refractivity contribution in [3.05, 3.63) is 89.5 Å². The second-order valence-electron chi connectivity index (χ2n) is 6.84. The van der Waals surface area contributed by atoms with E-state index in [4.69, 9.17) is 24.2 Å². The molecule has 3 aromatic carbocycles. The third kappa shape index (κ3) is 6.20. The second-order valence-corrected chi connectivity index (χ2v) is 6.84. The van der Waals surface area contributed by atoms with Gasteiger partial charge < -0.3 is 14.2 Å². The summed E-state index contributed by atoms with van der Waals surface area (Å²) < 4.78 is 17.3. The monoisotopic (exact) mass is 430 g/mol. The molecule has 166 valence electrons. The maximum absolute atomic E-state index is 5.85. The molecule has 0 saturated carbocycles. The van der Waals surface area contributed by atoms with Crippen molar-refractivity contribution in [1.82, 2.24) is 0 Å². The van der Waals surface area contributed by atoms with Crippen molar-refractivity contribution >= 4 is 12.4 Å². The number of para-hydroxylation sites is 3. The Kier molecular flexibility index (Phi) is 8.87. The van der Waals surface area contributed by atoms with Crippen LogP contribution in [0.5, 0.6) is 17.2 Å². The molecule has 0 heterocycles. The number of benzene rings is 3. The number of rotatable bonds is 11. The fourth-order valence-electron chi connectivity index (χ4n) is 3.23. The molecule has 0 radical (unpaired) electrons. The van der Waals surface area contributed by atoms with Gasteiger partial charge >= 0.3 is 0 Å². The largest absolute Gasteiger partial charge is 0.493 e. The lowest BCUT2D eigenvalue weighted by Crippen LogP contribution is -2.02. The van der Waals surface area contributed by atoms with E-state index >= 15 is 0 Å². The Labute approximate surface area is 190 Å². The topological polar surface area (TPSA) is 52.4 Å². The van der Waals surface area contributed by atoms with E-state index in [1.165, 1.54) is 0 Å². The van der Waals surface area contributed by atoms with Gasteiger partial charge in [-0.05, 0) is 51.1 Å². The highest BCUT2D eigenvalue weighted by Gasteiger charge is 2.14. The highest BCUT2D eigenvalue weighted by molar-refractivity contribution is 5.85. The Morgan fingerprint density at radius 2 is 1.00 bits per heavy atom. The zero-order valence-electron chi connectivity index (χ0n) is 18.9. The molecule has 0 atom stereocenters. The summed E-state index contributed by atoms with van der Waals surface area (Å²) in [4.78, 5) is 9.63. The average Bonchev–Trinajstić information content (AvgIpc) is 2.82. The van der Waals surface area contributed by atoms with Crippen molar-refractivity contribution in [3.8, 4) is 17.2 Å². The first-order chi connectivity index (χ1) is 15.8. The number of hydrogen-bond acceptors (Lipinski definition) is 5. The van der Waals surface area contributed by atoms with E-state index in [0.717, 1.165) is 33.9 Å². The summed E-state index contributed by atoms with van der Waals surface area (Å²) in [5.41, 5.74) is 2.70. The van der Waals surface area contributed by atoms with E-state index in [-0.39, 0.29) is 0 Å². The van der Waals surface area contributed by atoms with Crippen LogP contribution in [0.4, 0.5) is 0 Å². The zero-order chi connectivity index (χ0) is 22.6. The standard InChI is InChI=1S/C27H30N2O3/c1-4-30-24-16-10-7-13-21(24)19-28-27(23-15-9-12-18-26(23)32-6-3)29-20-22-14-8-11-17-25(22)31-5-2/h7-20,27H,4-6H2,1-3H3. The van der Waals surface area contributed by atoms with E-state index in [2.05, 4.69) is 0 Å². The molecule has 0 amide bonds. The maximum atomic E-state index is 5.85. The molecule has 3 aromatic rings. The zero-order valence-corrected chi connectivity index (χ0v) is 18.9. The van der Waals surface area contributed by atoms with E-state index in [1.54, 1.807) is 0 Å². The predicted octanol–water partition coefficient (Wildman–Crippen LogP) is 6.12. The van der Waals surface area contributed by atoms with Crippen LogP contribution in [-0.4, -0.2) is 32.2 Å². The molecule has 0 fully saturated rings. The predicted molar refractivity (Wildman–Crippen MR) is 131 cm³/mol. The molecule has 5 nitrogen and oxygen atoms in total. The summed E-state index contributed by atoms with van der Waals surface area (Å²) in [5, 5.41) is 0. The number of hydrogen-bond donors (Lipinski definition) is 0. The van der Waals surface area contributed by atoms with E-state index in [0.29, 0.717) is 19.8 Å². The van der Waals surface area contributed by atoms with Crippen molar-refractivity contribution in [1.29, 1.82) is 0 Å². The van der Waals surface area contributed by atoms with E-state index < -0.39 is 6.17 Å². The molecule has 0 bridgehead atoms. The Bertz CT molecular complexity index is 987. The smallest absolute Gasteiger partial charge is 0.168 e. The lowest BCUT2D eigenvalue weighted by Gasteiger charge is -2.14. The summed E-state index contributed by atoms with van der Waals surface area (Å²) in [6, 6.07) is 23.5. The van der Waals surface area contributed by atoms with E-state index in [9.17, 15) is 0 Å². The van der Waals surface area contributed by atoms with Crippen molar-refractivity contribution < 1.29 is 14.2 Å². The lowest BCUT2D eigenvalue weighted by atomic mass is 10.1. The van der Waals surface area contributed by atoms with Crippen LogP contribution < -0.4 is 14.2 Å². The van der Waals surface area contributed by atoms with Gasteiger partial charge in [0.15, 0.2) is 6.17 Å². The molecular formula is C27H30N2O3. The minimum Gasteiger partial charge on any atom is -0.493 e. The molecule has 0 spiro atoms. The molecule has 0 aliphatic heterocycles. The molecule has 0 unspecified atom stereocenters. The SMILES string of the molecule is CCOc1ccccc1C=NC(N=Cc1ccccc1OCC)c1ccccc1OCC. The Hall–Kier alpha value is -3.60. The van der Waals surface area contributed by atoms with Crippen molar-refractivity contribution in [3.63, 3.8) is 0 Å². The molecule has 0 N–H and O–H groups in total. The molecular weight excluding hydrogens is 400 g/mol. The summed E-state index contributed by atoms with van der Waals surface area (Å²) in [6.07, 6.45) is 3.14. The minimum absolute atomic E-state index is 0.484. The number of ether oxygens (including phenoxy) is 3. The van der Waals surface area contributed by atoms with Crippen LogP contribution in [0.3, 0.4) is 0 Å². The van der Waals surface area contributed by atoms with Gasteiger partial charge in [-0.1, -0.05) is 42.5 Å². The van der Waals surface area contributed by atoms with Crippen molar-refractivity contribution in [2.75, 3.05) is 19.8 Å². The molecule has 32 heavy (non-hydrogen) atoms. The van der Waals surface area contributed by atoms with Crippen LogP contribution in [0.2, 0.25) is 0 Å². The van der Waals surface area contributed by atoms with Crippen molar-refractivity contribution in [2.24, 2.45) is 9.98 Å². The van der Waals surface area contributed by atoms with Crippen LogP contribution in [0, 0.1) is 0 Å². The quantitative estimate of drug-likeness (QED) is 0.344. The van der Waals surface area contributed by atoms with Crippen molar-refractivity contribution in [2.45, 2.75) is 26.9 Å². The third-order valence-electron chi connectivity index (χ3n) is 4.64. The number of nitrogens with zero attached hydrogens (tertiary/aromatic N) is 2. The summed E-state index contributed by atoms with van der Waals surface area (Å²) >= 11 is 0. The van der Waals surface area contributed by atoms with Gasteiger partial charge in [-0.3, -0.25) is 9.98 Å². The minimum atomic E-state index is -0.484. The molecule has 0 aliphatic carbocycles. The van der Waals surface area contributed by atoms with Crippen LogP contribution in [0.15, 0.2) is 82.8 Å². The fraction of sp³-hybridized carbons (Fsp3) is 0.259. The molecule has 0 aromatic heterocycles. The first-order valence-corrected chi connectivity index (χ1v) is 11.0. The van der Waals surface area contributed by atoms with Gasteiger partial charge in [-0.15, -0.1) is 0 Å². The summed E-state index contributed by atoms with van der Waals surface area (Å²) in [5.74, 6) is 2.35. The third-order valence-corrected chi connectivity index (χ3v) is 4.64. The summed E-state index contributed by atoms with van der Waals surface area (Å²) in [7, 11) is 0. The fourth-order valence-corrected chi connectivity index (χ4v) is 3.23.